The SMILES string of the molecule is CCCC1c2ccccc2CC1NCCCOSc1cccc2c1OCCC2. The van der Waals surface area contributed by atoms with E-state index in [0.29, 0.717) is 12.0 Å². The average molecular weight is 398 g/mol. The summed E-state index contributed by atoms with van der Waals surface area (Å²) in [6.07, 6.45) is 6.90. The van der Waals surface area contributed by atoms with Gasteiger partial charge in [0.15, 0.2) is 0 Å². The molecule has 0 radical (unpaired) electrons. The number of fused-ring (bicyclic) bond motifs is 2. The van der Waals surface area contributed by atoms with Crippen LogP contribution in [0, 0.1) is 0 Å². The van der Waals surface area contributed by atoms with Crippen molar-refractivity contribution in [3.05, 3.63) is 59.2 Å². The number of aryl methyl sites for hydroxylation is 1. The van der Waals surface area contributed by atoms with Crippen molar-refractivity contribution in [2.24, 2.45) is 0 Å². The Morgan fingerprint density at radius 3 is 2.96 bits per heavy atom. The number of hydrogen-bond acceptors (Lipinski definition) is 4. The maximum atomic E-state index is 5.88. The van der Waals surface area contributed by atoms with Gasteiger partial charge in [0, 0.05) is 18.1 Å². The minimum atomic E-state index is 0.569. The fourth-order valence-electron chi connectivity index (χ4n) is 4.51. The molecule has 3 nitrogen and oxygen atoms in total. The van der Waals surface area contributed by atoms with Gasteiger partial charge in [-0.25, -0.2) is 0 Å². The van der Waals surface area contributed by atoms with Gasteiger partial charge in [-0.1, -0.05) is 49.7 Å². The summed E-state index contributed by atoms with van der Waals surface area (Å²) in [5.41, 5.74) is 4.39. The molecule has 1 aliphatic carbocycles. The highest BCUT2D eigenvalue weighted by atomic mass is 32.2. The zero-order chi connectivity index (χ0) is 19.2. The van der Waals surface area contributed by atoms with E-state index in [2.05, 4.69) is 54.7 Å². The molecule has 0 saturated carbocycles. The van der Waals surface area contributed by atoms with Crippen molar-refractivity contribution in [2.75, 3.05) is 19.8 Å². The smallest absolute Gasteiger partial charge is 0.138 e. The molecule has 1 N–H and O–H groups in total. The van der Waals surface area contributed by atoms with Crippen LogP contribution in [0.2, 0.25) is 0 Å². The lowest BCUT2D eigenvalue weighted by atomic mass is 9.93. The molecule has 28 heavy (non-hydrogen) atoms. The molecule has 0 amide bonds. The molecule has 2 unspecified atom stereocenters. The van der Waals surface area contributed by atoms with Crippen molar-refractivity contribution in [3.8, 4) is 5.75 Å². The van der Waals surface area contributed by atoms with Gasteiger partial charge in [0.05, 0.1) is 18.1 Å². The zero-order valence-corrected chi connectivity index (χ0v) is 17.6. The Balaban J connectivity index is 1.21. The zero-order valence-electron chi connectivity index (χ0n) is 16.8. The van der Waals surface area contributed by atoms with Crippen molar-refractivity contribution in [1.29, 1.82) is 0 Å². The van der Waals surface area contributed by atoms with Gasteiger partial charge < -0.3 is 14.2 Å². The highest BCUT2D eigenvalue weighted by Gasteiger charge is 2.30. The second kappa shape index (κ2) is 9.82. The highest BCUT2D eigenvalue weighted by molar-refractivity contribution is 7.94. The van der Waals surface area contributed by atoms with Gasteiger partial charge in [-0.2, -0.15) is 0 Å². The fraction of sp³-hybridized carbons (Fsp3) is 0.500. The minimum absolute atomic E-state index is 0.569. The van der Waals surface area contributed by atoms with Crippen LogP contribution in [0.3, 0.4) is 0 Å². The van der Waals surface area contributed by atoms with E-state index < -0.39 is 0 Å². The van der Waals surface area contributed by atoms with Crippen LogP contribution in [0.1, 0.15) is 55.2 Å². The van der Waals surface area contributed by atoms with Crippen molar-refractivity contribution in [1.82, 2.24) is 5.32 Å². The number of benzene rings is 2. The van der Waals surface area contributed by atoms with Gasteiger partial charge in [0.25, 0.3) is 0 Å². The summed E-state index contributed by atoms with van der Waals surface area (Å²) in [4.78, 5) is 1.11. The Bertz CT molecular complexity index is 779. The highest BCUT2D eigenvalue weighted by Crippen LogP contribution is 2.37. The van der Waals surface area contributed by atoms with Crippen LogP contribution in [0.4, 0.5) is 0 Å². The Morgan fingerprint density at radius 1 is 1.14 bits per heavy atom. The number of hydrogen-bond donors (Lipinski definition) is 1. The summed E-state index contributed by atoms with van der Waals surface area (Å²) >= 11 is 1.46. The Labute approximate surface area is 173 Å². The van der Waals surface area contributed by atoms with Crippen LogP contribution in [-0.2, 0) is 17.0 Å². The van der Waals surface area contributed by atoms with Gasteiger partial charge in [-0.15, -0.1) is 0 Å². The Hall–Kier alpha value is -1.49. The fourth-order valence-corrected chi connectivity index (χ4v) is 5.24. The number of para-hydroxylation sites is 1. The molecule has 4 heteroatoms. The summed E-state index contributed by atoms with van der Waals surface area (Å²) in [7, 11) is 0. The molecular weight excluding hydrogens is 366 g/mol. The van der Waals surface area contributed by atoms with Gasteiger partial charge in [0.2, 0.25) is 0 Å². The number of rotatable bonds is 9. The predicted octanol–water partition coefficient (Wildman–Crippen LogP) is 5.52. The number of nitrogens with one attached hydrogen (secondary N) is 1. The van der Waals surface area contributed by atoms with E-state index >= 15 is 0 Å². The van der Waals surface area contributed by atoms with E-state index in [1.165, 1.54) is 36.0 Å². The summed E-state index contributed by atoms with van der Waals surface area (Å²) in [6.45, 7) is 4.86. The Kier molecular flexibility index (Phi) is 6.95. The standard InChI is InChI=1S/C24H31NO2S/c1-2-8-21-20-12-4-3-9-19(20)17-22(21)25-14-7-16-27-28-23-13-5-10-18-11-6-15-26-24(18)23/h3-5,9-10,12-13,21-22,25H,2,6-8,11,14-17H2,1H3. The first kappa shape index (κ1) is 19.8. The molecule has 0 spiro atoms. The van der Waals surface area contributed by atoms with Crippen molar-refractivity contribution < 1.29 is 8.92 Å². The van der Waals surface area contributed by atoms with Crippen molar-refractivity contribution >= 4 is 12.0 Å². The molecule has 0 bridgehead atoms. The topological polar surface area (TPSA) is 30.5 Å². The maximum absolute atomic E-state index is 5.88. The average Bonchev–Trinajstić information content (AvgIpc) is 3.08. The quantitative estimate of drug-likeness (QED) is 0.445. The lowest BCUT2D eigenvalue weighted by molar-refractivity contribution is 0.279. The second-order valence-corrected chi connectivity index (χ2v) is 8.66. The molecule has 0 fully saturated rings. The van der Waals surface area contributed by atoms with Crippen LogP contribution in [-0.4, -0.2) is 25.8 Å². The molecule has 1 heterocycles. The molecule has 150 valence electrons. The van der Waals surface area contributed by atoms with Gasteiger partial charge in [0.1, 0.15) is 5.75 Å². The first-order chi connectivity index (χ1) is 13.9. The molecule has 1 aliphatic heterocycles. The Morgan fingerprint density at radius 2 is 2.04 bits per heavy atom. The van der Waals surface area contributed by atoms with E-state index in [0.717, 1.165) is 56.1 Å². The molecule has 2 aromatic rings. The molecule has 2 aliphatic rings. The molecular formula is C24H31NO2S. The molecule has 2 aromatic carbocycles. The third kappa shape index (κ3) is 4.56. The van der Waals surface area contributed by atoms with E-state index in [1.54, 1.807) is 5.56 Å². The molecule has 2 atom stereocenters. The molecule has 0 saturated heterocycles. The minimum Gasteiger partial charge on any atom is -0.492 e. The summed E-state index contributed by atoms with van der Waals surface area (Å²) in [5, 5.41) is 3.80. The first-order valence-corrected chi connectivity index (χ1v) is 11.5. The van der Waals surface area contributed by atoms with Crippen LogP contribution in [0.5, 0.6) is 5.75 Å². The monoisotopic (exact) mass is 397 g/mol. The van der Waals surface area contributed by atoms with Gasteiger partial charge in [-0.05, 0) is 67.3 Å². The molecule has 0 aromatic heterocycles. The lowest BCUT2D eigenvalue weighted by Crippen LogP contribution is -2.34. The van der Waals surface area contributed by atoms with Crippen LogP contribution in [0.25, 0.3) is 0 Å². The normalized spacial score (nSPS) is 20.5. The largest absolute Gasteiger partial charge is 0.492 e. The third-order valence-corrected chi connectivity index (χ3v) is 6.62. The summed E-state index contributed by atoms with van der Waals surface area (Å²) in [6, 6.07) is 15.9. The second-order valence-electron chi connectivity index (χ2n) is 7.81. The third-order valence-electron chi connectivity index (χ3n) is 5.84. The summed E-state index contributed by atoms with van der Waals surface area (Å²) < 4.78 is 11.7. The summed E-state index contributed by atoms with van der Waals surface area (Å²) in [5.74, 6) is 1.69. The van der Waals surface area contributed by atoms with E-state index in [9.17, 15) is 0 Å². The van der Waals surface area contributed by atoms with Gasteiger partial charge >= 0.3 is 0 Å². The van der Waals surface area contributed by atoms with E-state index in [-0.39, 0.29) is 0 Å². The molecule has 4 rings (SSSR count). The first-order valence-electron chi connectivity index (χ1n) is 10.7. The van der Waals surface area contributed by atoms with Gasteiger partial charge in [-0.3, -0.25) is 0 Å². The van der Waals surface area contributed by atoms with Crippen LogP contribution in [0.15, 0.2) is 47.4 Å². The van der Waals surface area contributed by atoms with E-state index in [4.69, 9.17) is 8.92 Å². The van der Waals surface area contributed by atoms with E-state index in [1.807, 2.05) is 0 Å². The number of ether oxygens (including phenoxy) is 1. The van der Waals surface area contributed by atoms with Crippen LogP contribution >= 0.6 is 12.0 Å². The predicted molar refractivity (Wildman–Crippen MR) is 116 cm³/mol. The lowest BCUT2D eigenvalue weighted by Gasteiger charge is -2.21. The maximum Gasteiger partial charge on any atom is 0.138 e. The van der Waals surface area contributed by atoms with Crippen molar-refractivity contribution in [3.63, 3.8) is 0 Å². The van der Waals surface area contributed by atoms with Crippen molar-refractivity contribution in [2.45, 2.75) is 62.3 Å². The van der Waals surface area contributed by atoms with Crippen LogP contribution < -0.4 is 10.1 Å².